The van der Waals surface area contributed by atoms with Crippen LogP contribution in [0.25, 0.3) is 0 Å². The summed E-state index contributed by atoms with van der Waals surface area (Å²) in [7, 11) is 0. The highest BCUT2D eigenvalue weighted by Crippen LogP contribution is 2.13. The van der Waals surface area contributed by atoms with E-state index in [9.17, 15) is 0 Å². The quantitative estimate of drug-likeness (QED) is 0.383. The van der Waals surface area contributed by atoms with Crippen molar-refractivity contribution in [3.05, 3.63) is 0 Å². The first-order valence-corrected chi connectivity index (χ1v) is 4.44. The number of hydrogen-bond acceptors (Lipinski definition) is 4. The van der Waals surface area contributed by atoms with Gasteiger partial charge in [0.05, 0.1) is 5.37 Å². The molecule has 0 aliphatic heterocycles. The minimum absolute atomic E-state index is 0.0190. The van der Waals surface area contributed by atoms with E-state index in [1.807, 2.05) is 0 Å². The molecular formula is C6H16N2S2. The molecule has 0 fully saturated rings. The summed E-state index contributed by atoms with van der Waals surface area (Å²) in [6.07, 6.45) is 1.90. The minimum atomic E-state index is -0.0351. The summed E-state index contributed by atoms with van der Waals surface area (Å²) in [5.74, 6) is 0.418. The Bertz CT molecular complexity index is 85.8. The van der Waals surface area contributed by atoms with Crippen molar-refractivity contribution in [1.82, 2.24) is 0 Å². The maximum atomic E-state index is 5.52. The lowest BCUT2D eigenvalue weighted by Crippen LogP contribution is -2.23. The largest absolute Gasteiger partial charge is 0.320 e. The highest BCUT2D eigenvalue weighted by atomic mass is 32.1. The normalized spacial score (nSPS) is 20.1. The number of rotatable bonds is 4. The molecule has 0 rings (SSSR count). The van der Waals surface area contributed by atoms with Crippen molar-refractivity contribution in [1.29, 1.82) is 0 Å². The molecule has 0 bridgehead atoms. The fourth-order valence-electron chi connectivity index (χ4n) is 0.604. The second-order valence-electron chi connectivity index (χ2n) is 2.61. The lowest BCUT2D eigenvalue weighted by atomic mass is 10.1. The van der Waals surface area contributed by atoms with Crippen LogP contribution >= 0.6 is 25.3 Å². The van der Waals surface area contributed by atoms with Crippen LogP contribution < -0.4 is 11.5 Å². The Morgan fingerprint density at radius 3 is 2.00 bits per heavy atom. The van der Waals surface area contributed by atoms with Gasteiger partial charge >= 0.3 is 0 Å². The van der Waals surface area contributed by atoms with E-state index in [0.29, 0.717) is 5.92 Å². The predicted octanol–water partition coefficient (Wildman–Crippen LogP) is 0.832. The molecule has 3 atom stereocenters. The van der Waals surface area contributed by atoms with Gasteiger partial charge < -0.3 is 11.5 Å². The van der Waals surface area contributed by atoms with Gasteiger partial charge in [-0.15, -0.1) is 0 Å². The predicted molar refractivity (Wildman–Crippen MR) is 52.3 cm³/mol. The molecular weight excluding hydrogens is 164 g/mol. The molecule has 62 valence electrons. The third-order valence-corrected chi connectivity index (χ3v) is 2.27. The Hall–Kier alpha value is 0.620. The second-order valence-corrected chi connectivity index (χ2v) is 3.87. The minimum Gasteiger partial charge on any atom is -0.320 e. The molecule has 0 saturated carbocycles. The molecule has 2 nitrogen and oxygen atoms in total. The summed E-state index contributed by atoms with van der Waals surface area (Å²) < 4.78 is 0. The van der Waals surface area contributed by atoms with Gasteiger partial charge in [-0.05, 0) is 18.8 Å². The van der Waals surface area contributed by atoms with Gasteiger partial charge in [0.2, 0.25) is 0 Å². The van der Waals surface area contributed by atoms with E-state index in [1.165, 1.54) is 0 Å². The average molecular weight is 180 g/mol. The van der Waals surface area contributed by atoms with Gasteiger partial charge in [-0.1, -0.05) is 6.92 Å². The number of hydrogen-bond donors (Lipinski definition) is 4. The van der Waals surface area contributed by atoms with Gasteiger partial charge in [0.25, 0.3) is 0 Å². The third kappa shape index (κ3) is 5.41. The van der Waals surface area contributed by atoms with Crippen LogP contribution in [0.4, 0.5) is 0 Å². The first kappa shape index (κ1) is 10.6. The second kappa shape index (κ2) is 5.29. The molecule has 0 aromatic heterocycles. The van der Waals surface area contributed by atoms with Gasteiger partial charge in [-0.25, -0.2) is 0 Å². The third-order valence-electron chi connectivity index (χ3n) is 1.50. The van der Waals surface area contributed by atoms with Gasteiger partial charge in [0, 0.05) is 5.37 Å². The highest BCUT2D eigenvalue weighted by molar-refractivity contribution is 7.81. The van der Waals surface area contributed by atoms with Gasteiger partial charge in [-0.2, -0.15) is 25.3 Å². The van der Waals surface area contributed by atoms with Crippen LogP contribution in [-0.2, 0) is 0 Å². The van der Waals surface area contributed by atoms with Gasteiger partial charge in [0.1, 0.15) is 0 Å². The topological polar surface area (TPSA) is 52.0 Å². The van der Waals surface area contributed by atoms with E-state index >= 15 is 0 Å². The van der Waals surface area contributed by atoms with Gasteiger partial charge in [0.15, 0.2) is 0 Å². The molecule has 3 unspecified atom stereocenters. The molecule has 4 N–H and O–H groups in total. The zero-order chi connectivity index (χ0) is 8.15. The fourth-order valence-corrected chi connectivity index (χ4v) is 0.903. The van der Waals surface area contributed by atoms with Crippen molar-refractivity contribution < 1.29 is 0 Å². The molecule has 0 saturated heterocycles. The Balaban J connectivity index is 3.30. The van der Waals surface area contributed by atoms with E-state index in [0.717, 1.165) is 12.8 Å². The molecule has 0 radical (unpaired) electrons. The molecule has 10 heavy (non-hydrogen) atoms. The smallest absolute Gasteiger partial charge is 0.0503 e. The molecule has 0 aliphatic rings. The molecule has 0 amide bonds. The number of nitrogens with two attached hydrogens (primary N) is 2. The molecule has 0 spiro atoms. The summed E-state index contributed by atoms with van der Waals surface area (Å²) in [6.45, 7) is 2.06. The molecule has 0 heterocycles. The Labute approximate surface area is 73.6 Å². The van der Waals surface area contributed by atoms with Crippen LogP contribution in [0.2, 0.25) is 0 Å². The van der Waals surface area contributed by atoms with Crippen LogP contribution in [0.1, 0.15) is 19.8 Å². The Morgan fingerprint density at radius 2 is 1.70 bits per heavy atom. The summed E-state index contributed by atoms with van der Waals surface area (Å²) >= 11 is 8.16. The van der Waals surface area contributed by atoms with E-state index in [-0.39, 0.29) is 10.7 Å². The van der Waals surface area contributed by atoms with Crippen molar-refractivity contribution in [2.24, 2.45) is 17.4 Å². The van der Waals surface area contributed by atoms with Crippen LogP contribution in [0.5, 0.6) is 0 Å². The van der Waals surface area contributed by atoms with Crippen molar-refractivity contribution >= 4 is 25.3 Å². The highest BCUT2D eigenvalue weighted by Gasteiger charge is 2.08. The molecule has 0 aromatic carbocycles. The first-order chi connectivity index (χ1) is 4.54. The molecule has 0 aromatic rings. The summed E-state index contributed by atoms with van der Waals surface area (Å²) in [5, 5.41) is -0.0541. The van der Waals surface area contributed by atoms with Crippen molar-refractivity contribution in [2.75, 3.05) is 0 Å². The lowest BCUT2D eigenvalue weighted by molar-refractivity contribution is 0.495. The molecule has 0 aliphatic carbocycles. The fraction of sp³-hybridized carbons (Fsp3) is 1.00. The van der Waals surface area contributed by atoms with Crippen molar-refractivity contribution in [3.63, 3.8) is 0 Å². The summed E-state index contributed by atoms with van der Waals surface area (Å²) in [4.78, 5) is 0. The zero-order valence-electron chi connectivity index (χ0n) is 6.20. The Kier molecular flexibility index (Phi) is 5.62. The Morgan fingerprint density at radius 1 is 1.20 bits per heavy atom. The number of thiol groups is 2. The SMILES string of the molecule is CC(CCC(N)S)C(N)S. The lowest BCUT2D eigenvalue weighted by Gasteiger charge is -2.14. The van der Waals surface area contributed by atoms with Crippen molar-refractivity contribution in [2.45, 2.75) is 30.5 Å². The van der Waals surface area contributed by atoms with Gasteiger partial charge in [-0.3, -0.25) is 0 Å². The van der Waals surface area contributed by atoms with Crippen LogP contribution in [0.3, 0.4) is 0 Å². The first-order valence-electron chi connectivity index (χ1n) is 3.41. The van der Waals surface area contributed by atoms with Crippen LogP contribution in [-0.4, -0.2) is 10.7 Å². The van der Waals surface area contributed by atoms with Crippen LogP contribution in [0.15, 0.2) is 0 Å². The summed E-state index contributed by atoms with van der Waals surface area (Å²) in [6, 6.07) is 0. The average Bonchev–Trinajstić information content (AvgIpc) is 1.82. The maximum absolute atomic E-state index is 5.52. The van der Waals surface area contributed by atoms with E-state index in [2.05, 4.69) is 32.2 Å². The van der Waals surface area contributed by atoms with E-state index in [4.69, 9.17) is 11.5 Å². The standard InChI is InChI=1S/C6H16N2S2/c1-4(6(8)10)2-3-5(7)9/h4-6,9-10H,2-3,7-8H2,1H3. The monoisotopic (exact) mass is 180 g/mol. The maximum Gasteiger partial charge on any atom is 0.0503 e. The van der Waals surface area contributed by atoms with E-state index in [1.54, 1.807) is 0 Å². The van der Waals surface area contributed by atoms with Crippen molar-refractivity contribution in [3.8, 4) is 0 Å². The zero-order valence-corrected chi connectivity index (χ0v) is 7.98. The molecule has 4 heteroatoms. The summed E-state index contributed by atoms with van der Waals surface area (Å²) in [5.41, 5.74) is 11.0. The van der Waals surface area contributed by atoms with E-state index < -0.39 is 0 Å². The van der Waals surface area contributed by atoms with Crippen LogP contribution in [0, 0.1) is 5.92 Å².